The average Bonchev–Trinajstić information content (AvgIpc) is 2.62. The van der Waals surface area contributed by atoms with Gasteiger partial charge in [-0.2, -0.15) is 0 Å². The SMILES string of the molecule is Cc1c2c(cc3ccccc13)Oc1cc(CC(C)(C)C)cc3cc[n+](C)c-2c13. The Hall–Kier alpha value is -2.87. The second kappa shape index (κ2) is 5.81. The van der Waals surface area contributed by atoms with Crippen molar-refractivity contribution in [1.29, 1.82) is 0 Å². The highest BCUT2D eigenvalue weighted by molar-refractivity contribution is 6.05. The fourth-order valence-electron chi connectivity index (χ4n) is 4.61. The van der Waals surface area contributed by atoms with E-state index in [1.54, 1.807) is 0 Å². The molecule has 0 fully saturated rings. The molecule has 1 aliphatic heterocycles. The normalized spacial score (nSPS) is 12.9. The summed E-state index contributed by atoms with van der Waals surface area (Å²) in [6.45, 7) is 9.06. The molecule has 0 saturated heterocycles. The van der Waals surface area contributed by atoms with Gasteiger partial charge in [0.25, 0.3) is 0 Å². The summed E-state index contributed by atoms with van der Waals surface area (Å²) in [7, 11) is 2.13. The van der Waals surface area contributed by atoms with Gasteiger partial charge in [-0.15, -0.1) is 0 Å². The van der Waals surface area contributed by atoms with E-state index >= 15 is 0 Å². The van der Waals surface area contributed by atoms with Crippen molar-refractivity contribution < 1.29 is 9.30 Å². The largest absolute Gasteiger partial charge is 0.456 e. The molecule has 2 heterocycles. The van der Waals surface area contributed by atoms with Crippen LogP contribution in [0.2, 0.25) is 0 Å². The molecular weight excluding hydrogens is 342 g/mol. The summed E-state index contributed by atoms with van der Waals surface area (Å²) in [6, 6.07) is 17.5. The third-order valence-electron chi connectivity index (χ3n) is 5.72. The number of aromatic nitrogens is 1. The maximum atomic E-state index is 6.54. The quantitative estimate of drug-likeness (QED) is 0.308. The second-order valence-corrected chi connectivity index (χ2v) is 9.27. The Morgan fingerprint density at radius 3 is 2.50 bits per heavy atom. The molecule has 5 rings (SSSR count). The van der Waals surface area contributed by atoms with Gasteiger partial charge in [-0.25, -0.2) is 4.57 Å². The van der Waals surface area contributed by atoms with Crippen molar-refractivity contribution in [2.45, 2.75) is 34.1 Å². The highest BCUT2D eigenvalue weighted by atomic mass is 16.5. The van der Waals surface area contributed by atoms with Crippen LogP contribution >= 0.6 is 0 Å². The number of pyridine rings is 1. The monoisotopic (exact) mass is 368 g/mol. The van der Waals surface area contributed by atoms with E-state index in [1.165, 1.54) is 43.9 Å². The number of nitrogens with zero attached hydrogens (tertiary/aromatic N) is 1. The van der Waals surface area contributed by atoms with Gasteiger partial charge in [0, 0.05) is 6.07 Å². The molecule has 1 aromatic heterocycles. The first-order valence-electron chi connectivity index (χ1n) is 9.98. The van der Waals surface area contributed by atoms with Crippen LogP contribution in [-0.4, -0.2) is 0 Å². The average molecular weight is 369 g/mol. The summed E-state index contributed by atoms with van der Waals surface area (Å²) in [5.74, 6) is 1.94. The number of fused-ring (bicyclic) bond motifs is 3. The van der Waals surface area contributed by atoms with E-state index in [4.69, 9.17) is 4.74 Å². The molecule has 4 aromatic rings. The fraction of sp³-hybridized carbons (Fsp3) is 0.269. The number of ether oxygens (including phenoxy) is 1. The standard InChI is InChI=1S/C26H26NO/c1-16-20-9-7-6-8-18(20)14-22-23(16)25-24-19(10-11-27(25)5)12-17(13-21(24)28-22)15-26(2,3)4/h6-14H,15H2,1-5H3/q+1. The van der Waals surface area contributed by atoms with Gasteiger partial charge in [-0.1, -0.05) is 51.1 Å². The third-order valence-corrected chi connectivity index (χ3v) is 5.72. The summed E-state index contributed by atoms with van der Waals surface area (Å²) in [5.41, 5.74) is 5.31. The van der Waals surface area contributed by atoms with Crippen LogP contribution in [0, 0.1) is 12.3 Å². The molecule has 0 aliphatic carbocycles. The predicted molar refractivity (Wildman–Crippen MR) is 116 cm³/mol. The van der Waals surface area contributed by atoms with Crippen LogP contribution in [0.5, 0.6) is 11.5 Å². The van der Waals surface area contributed by atoms with Crippen LogP contribution in [0.25, 0.3) is 32.8 Å². The lowest BCUT2D eigenvalue weighted by atomic mass is 9.86. The van der Waals surface area contributed by atoms with E-state index in [-0.39, 0.29) is 5.41 Å². The fourth-order valence-corrected chi connectivity index (χ4v) is 4.61. The molecule has 0 atom stereocenters. The highest BCUT2D eigenvalue weighted by Crippen LogP contribution is 2.48. The van der Waals surface area contributed by atoms with Crippen molar-refractivity contribution in [2.24, 2.45) is 12.5 Å². The molecule has 0 amide bonds. The van der Waals surface area contributed by atoms with Gasteiger partial charge in [-0.3, -0.25) is 0 Å². The van der Waals surface area contributed by atoms with E-state index < -0.39 is 0 Å². The third kappa shape index (κ3) is 2.59. The highest BCUT2D eigenvalue weighted by Gasteiger charge is 2.30. The van der Waals surface area contributed by atoms with Gasteiger partial charge in [0.1, 0.15) is 18.5 Å². The van der Waals surface area contributed by atoms with Gasteiger partial charge < -0.3 is 4.74 Å². The number of rotatable bonds is 1. The second-order valence-electron chi connectivity index (χ2n) is 9.27. The number of benzene rings is 3. The lowest BCUT2D eigenvalue weighted by Gasteiger charge is -2.24. The zero-order chi connectivity index (χ0) is 19.6. The van der Waals surface area contributed by atoms with Crippen molar-refractivity contribution in [2.75, 3.05) is 0 Å². The van der Waals surface area contributed by atoms with E-state index in [1.807, 2.05) is 0 Å². The number of hydrogen-bond acceptors (Lipinski definition) is 1. The van der Waals surface area contributed by atoms with Crippen molar-refractivity contribution in [1.82, 2.24) is 0 Å². The van der Waals surface area contributed by atoms with Crippen LogP contribution in [0.3, 0.4) is 0 Å². The maximum absolute atomic E-state index is 6.54. The summed E-state index contributed by atoms with van der Waals surface area (Å²) >= 11 is 0. The van der Waals surface area contributed by atoms with Gasteiger partial charge in [0.2, 0.25) is 5.69 Å². The minimum atomic E-state index is 0.238. The summed E-state index contributed by atoms with van der Waals surface area (Å²) < 4.78 is 8.77. The van der Waals surface area contributed by atoms with E-state index in [0.717, 1.165) is 17.9 Å². The molecular formula is C26H26NO+. The van der Waals surface area contributed by atoms with Gasteiger partial charge >= 0.3 is 0 Å². The molecule has 0 N–H and O–H groups in total. The van der Waals surface area contributed by atoms with Gasteiger partial charge in [0.05, 0.1) is 10.9 Å². The Kier molecular flexibility index (Phi) is 3.58. The number of hydrogen-bond donors (Lipinski definition) is 0. The molecule has 0 radical (unpaired) electrons. The minimum absolute atomic E-state index is 0.238. The molecule has 140 valence electrons. The lowest BCUT2D eigenvalue weighted by molar-refractivity contribution is -0.659. The Morgan fingerprint density at radius 1 is 0.929 bits per heavy atom. The maximum Gasteiger partial charge on any atom is 0.228 e. The first-order valence-corrected chi connectivity index (χ1v) is 9.98. The molecule has 0 bridgehead atoms. The first kappa shape index (κ1) is 17.2. The van der Waals surface area contributed by atoms with Crippen molar-refractivity contribution in [3.8, 4) is 22.8 Å². The van der Waals surface area contributed by atoms with Crippen LogP contribution in [0.15, 0.2) is 54.7 Å². The molecule has 0 unspecified atom stereocenters. The first-order chi connectivity index (χ1) is 13.3. The van der Waals surface area contributed by atoms with Crippen LogP contribution in [-0.2, 0) is 13.5 Å². The Morgan fingerprint density at radius 2 is 1.71 bits per heavy atom. The van der Waals surface area contributed by atoms with Crippen LogP contribution < -0.4 is 9.30 Å². The molecule has 3 aromatic carbocycles. The lowest BCUT2D eigenvalue weighted by Crippen LogP contribution is -2.31. The van der Waals surface area contributed by atoms with Gasteiger partial charge in [-0.05, 0) is 58.2 Å². The van der Waals surface area contributed by atoms with Crippen LogP contribution in [0.4, 0.5) is 0 Å². The molecule has 2 heteroatoms. The molecule has 0 saturated carbocycles. The van der Waals surface area contributed by atoms with Crippen molar-refractivity contribution >= 4 is 21.5 Å². The van der Waals surface area contributed by atoms with E-state index in [9.17, 15) is 0 Å². The van der Waals surface area contributed by atoms with Gasteiger partial charge in [0.15, 0.2) is 6.20 Å². The summed E-state index contributed by atoms with van der Waals surface area (Å²) in [5, 5.41) is 4.98. The molecule has 28 heavy (non-hydrogen) atoms. The zero-order valence-electron chi connectivity index (χ0n) is 17.3. The smallest absolute Gasteiger partial charge is 0.228 e. The van der Waals surface area contributed by atoms with E-state index in [0.29, 0.717) is 0 Å². The summed E-state index contributed by atoms with van der Waals surface area (Å²) in [6.07, 6.45) is 3.20. The molecule has 0 spiro atoms. The van der Waals surface area contributed by atoms with Crippen molar-refractivity contribution in [3.63, 3.8) is 0 Å². The molecule has 1 aliphatic rings. The Bertz CT molecular complexity index is 1260. The predicted octanol–water partition coefficient (Wildman–Crippen LogP) is 6.49. The van der Waals surface area contributed by atoms with Crippen molar-refractivity contribution in [3.05, 3.63) is 65.9 Å². The number of aryl methyl sites for hydroxylation is 2. The zero-order valence-corrected chi connectivity index (χ0v) is 17.3. The molecule has 2 nitrogen and oxygen atoms in total. The minimum Gasteiger partial charge on any atom is -0.456 e. The van der Waals surface area contributed by atoms with E-state index in [2.05, 4.69) is 94.0 Å². The summed E-state index contributed by atoms with van der Waals surface area (Å²) in [4.78, 5) is 0. The Labute approximate surface area is 166 Å². The van der Waals surface area contributed by atoms with Crippen LogP contribution in [0.1, 0.15) is 31.9 Å². The topological polar surface area (TPSA) is 13.1 Å². The Balaban J connectivity index is 1.85.